The van der Waals surface area contributed by atoms with E-state index in [9.17, 15) is 5.11 Å². The summed E-state index contributed by atoms with van der Waals surface area (Å²) < 4.78 is 6.61. The molecule has 0 saturated carbocycles. The van der Waals surface area contributed by atoms with Gasteiger partial charge in [0.05, 0.1) is 20.1 Å². The van der Waals surface area contributed by atoms with E-state index in [2.05, 4.69) is 39.1 Å². The Balaban J connectivity index is 1.95. The van der Waals surface area contributed by atoms with Crippen molar-refractivity contribution in [2.24, 2.45) is 0 Å². The average Bonchev–Trinajstić information content (AvgIpc) is 2.52. The third-order valence-corrected chi connectivity index (χ3v) is 4.34. The molecule has 3 heteroatoms. The zero-order valence-electron chi connectivity index (χ0n) is 13.2. The molecule has 2 aromatic carbocycles. The fourth-order valence-corrected chi connectivity index (χ4v) is 2.49. The Labute approximate surface area is 127 Å². The van der Waals surface area contributed by atoms with Crippen LogP contribution in [0.15, 0.2) is 42.5 Å². The van der Waals surface area contributed by atoms with Crippen molar-refractivity contribution in [3.8, 4) is 5.75 Å². The van der Waals surface area contributed by atoms with Crippen molar-refractivity contribution >= 4 is 10.8 Å². The van der Waals surface area contributed by atoms with E-state index >= 15 is 0 Å². The highest BCUT2D eigenvalue weighted by Crippen LogP contribution is 2.20. The van der Waals surface area contributed by atoms with Gasteiger partial charge in [-0.2, -0.15) is 0 Å². The van der Waals surface area contributed by atoms with Crippen molar-refractivity contribution in [2.75, 3.05) is 33.3 Å². The molecule has 0 amide bonds. The fourth-order valence-electron chi connectivity index (χ4n) is 2.49. The normalized spacial score (nSPS) is 13.3. The second kappa shape index (κ2) is 6.92. The van der Waals surface area contributed by atoms with Crippen molar-refractivity contribution in [1.82, 2.24) is 0 Å². The first-order chi connectivity index (χ1) is 10.1. The van der Waals surface area contributed by atoms with E-state index in [1.54, 1.807) is 0 Å². The number of benzene rings is 2. The molecule has 21 heavy (non-hydrogen) atoms. The number of hydrogen-bond acceptors (Lipinski definition) is 2. The van der Waals surface area contributed by atoms with Crippen LogP contribution in [-0.4, -0.2) is 49.0 Å². The molecule has 114 valence electrons. The number of aliphatic hydroxyl groups excluding tert-OH is 1. The highest BCUT2D eigenvalue weighted by molar-refractivity contribution is 5.83. The van der Waals surface area contributed by atoms with Gasteiger partial charge in [-0.15, -0.1) is 0 Å². The zero-order chi connectivity index (χ0) is 15.3. The average molecular weight is 288 g/mol. The molecular formula is C18H26NO2+. The van der Waals surface area contributed by atoms with E-state index in [1.165, 1.54) is 5.39 Å². The van der Waals surface area contributed by atoms with Crippen LogP contribution in [0.1, 0.15) is 13.8 Å². The molecule has 3 nitrogen and oxygen atoms in total. The van der Waals surface area contributed by atoms with Crippen molar-refractivity contribution in [1.29, 1.82) is 0 Å². The minimum absolute atomic E-state index is 0.339. The van der Waals surface area contributed by atoms with Gasteiger partial charge >= 0.3 is 0 Å². The first kappa shape index (κ1) is 15.8. The van der Waals surface area contributed by atoms with Gasteiger partial charge in [0.25, 0.3) is 0 Å². The van der Waals surface area contributed by atoms with Crippen LogP contribution in [0.3, 0.4) is 0 Å². The number of ether oxygens (including phenoxy) is 1. The zero-order valence-corrected chi connectivity index (χ0v) is 13.2. The lowest BCUT2D eigenvalue weighted by atomic mass is 10.1. The molecule has 0 aliphatic heterocycles. The molecule has 0 heterocycles. The first-order valence-corrected chi connectivity index (χ1v) is 7.69. The molecule has 1 atom stereocenters. The number of rotatable bonds is 7. The van der Waals surface area contributed by atoms with Gasteiger partial charge in [0, 0.05) is 0 Å². The second-order valence-electron chi connectivity index (χ2n) is 5.91. The molecule has 0 unspecified atom stereocenters. The van der Waals surface area contributed by atoms with Crippen molar-refractivity contribution < 1.29 is 14.3 Å². The summed E-state index contributed by atoms with van der Waals surface area (Å²) in [5, 5.41) is 12.5. The van der Waals surface area contributed by atoms with E-state index in [0.29, 0.717) is 6.61 Å². The van der Waals surface area contributed by atoms with Crippen LogP contribution in [0.4, 0.5) is 0 Å². The topological polar surface area (TPSA) is 29.5 Å². The van der Waals surface area contributed by atoms with E-state index in [0.717, 1.165) is 35.3 Å². The van der Waals surface area contributed by atoms with E-state index in [-0.39, 0.29) is 0 Å². The third-order valence-electron chi connectivity index (χ3n) is 4.34. The Morgan fingerprint density at radius 2 is 1.71 bits per heavy atom. The summed E-state index contributed by atoms with van der Waals surface area (Å²) in [4.78, 5) is 0. The van der Waals surface area contributed by atoms with Gasteiger partial charge in [0.15, 0.2) is 0 Å². The molecule has 0 saturated heterocycles. The van der Waals surface area contributed by atoms with Crippen molar-refractivity contribution in [2.45, 2.75) is 20.0 Å². The van der Waals surface area contributed by atoms with Crippen molar-refractivity contribution in [3.63, 3.8) is 0 Å². The number of hydrogen-bond donors (Lipinski definition) is 1. The minimum atomic E-state index is -0.443. The molecule has 0 aliphatic carbocycles. The number of aliphatic hydroxyl groups is 1. The maximum atomic E-state index is 10.2. The Morgan fingerprint density at radius 1 is 1.05 bits per heavy atom. The van der Waals surface area contributed by atoms with Crippen LogP contribution < -0.4 is 4.74 Å². The largest absolute Gasteiger partial charge is 0.491 e. The fraction of sp³-hybridized carbons (Fsp3) is 0.444. The minimum Gasteiger partial charge on any atom is -0.491 e. The predicted molar refractivity (Wildman–Crippen MR) is 87.6 cm³/mol. The van der Waals surface area contributed by atoms with Crippen LogP contribution >= 0.6 is 0 Å². The summed E-state index contributed by atoms with van der Waals surface area (Å²) >= 11 is 0. The lowest BCUT2D eigenvalue weighted by molar-refractivity contribution is -0.909. The molecule has 0 aromatic heterocycles. The Bertz CT molecular complexity index is 578. The van der Waals surface area contributed by atoms with Gasteiger partial charge in [-0.05, 0) is 36.8 Å². The monoisotopic (exact) mass is 288 g/mol. The Kier molecular flexibility index (Phi) is 5.21. The predicted octanol–water partition coefficient (Wildman–Crippen LogP) is 3.07. The van der Waals surface area contributed by atoms with Gasteiger partial charge in [-0.3, -0.25) is 0 Å². The standard InChI is InChI=1S/C18H26NO2/c1-4-19(3,5-2)13-17(20)14-21-18-11-10-15-8-6-7-9-16(15)12-18/h6-12,17,20H,4-5,13-14H2,1-3H3/q+1/t17-/m1/s1. The van der Waals surface area contributed by atoms with E-state index in [1.807, 2.05) is 24.3 Å². The molecule has 0 bridgehead atoms. The third kappa shape index (κ3) is 4.19. The van der Waals surface area contributed by atoms with E-state index in [4.69, 9.17) is 4.74 Å². The molecule has 0 radical (unpaired) electrons. The lowest BCUT2D eigenvalue weighted by Crippen LogP contribution is -2.49. The summed E-state index contributed by atoms with van der Waals surface area (Å²) in [6.07, 6.45) is -0.443. The van der Waals surface area contributed by atoms with Gasteiger partial charge in [0.1, 0.15) is 25.0 Å². The van der Waals surface area contributed by atoms with E-state index < -0.39 is 6.10 Å². The Hall–Kier alpha value is -1.58. The molecular weight excluding hydrogens is 262 g/mol. The van der Waals surface area contributed by atoms with Gasteiger partial charge in [-0.25, -0.2) is 0 Å². The molecule has 2 aromatic rings. The molecule has 2 rings (SSSR count). The van der Waals surface area contributed by atoms with Crippen LogP contribution in [0.2, 0.25) is 0 Å². The molecule has 0 aliphatic rings. The molecule has 1 N–H and O–H groups in total. The van der Waals surface area contributed by atoms with Crippen LogP contribution in [0, 0.1) is 0 Å². The van der Waals surface area contributed by atoms with Crippen LogP contribution in [0.25, 0.3) is 10.8 Å². The van der Waals surface area contributed by atoms with Gasteiger partial charge < -0.3 is 14.3 Å². The number of quaternary nitrogens is 1. The maximum absolute atomic E-state index is 10.2. The number of fused-ring (bicyclic) bond motifs is 1. The first-order valence-electron chi connectivity index (χ1n) is 7.69. The number of likely N-dealkylation sites (N-methyl/N-ethyl adjacent to an activating group) is 1. The smallest absolute Gasteiger partial charge is 0.137 e. The van der Waals surface area contributed by atoms with Gasteiger partial charge in [0.2, 0.25) is 0 Å². The van der Waals surface area contributed by atoms with Crippen molar-refractivity contribution in [3.05, 3.63) is 42.5 Å². The quantitative estimate of drug-likeness (QED) is 0.793. The Morgan fingerprint density at radius 3 is 2.38 bits per heavy atom. The summed E-state index contributed by atoms with van der Waals surface area (Å²) in [5.41, 5.74) is 0. The molecule has 0 spiro atoms. The summed E-state index contributed by atoms with van der Waals surface area (Å²) in [5.74, 6) is 0.815. The van der Waals surface area contributed by atoms with Gasteiger partial charge in [-0.1, -0.05) is 30.3 Å². The highest BCUT2D eigenvalue weighted by atomic mass is 16.5. The summed E-state index contributed by atoms with van der Waals surface area (Å²) in [6.45, 7) is 7.40. The van der Waals surface area contributed by atoms with Crippen LogP contribution in [-0.2, 0) is 0 Å². The highest BCUT2D eigenvalue weighted by Gasteiger charge is 2.22. The SMILES string of the molecule is CC[N+](C)(CC)C[C@@H](O)COc1ccc2ccccc2c1. The second-order valence-corrected chi connectivity index (χ2v) is 5.91. The summed E-state index contributed by atoms with van der Waals surface area (Å²) in [7, 11) is 2.17. The van der Waals surface area contributed by atoms with Crippen LogP contribution in [0.5, 0.6) is 5.75 Å². The maximum Gasteiger partial charge on any atom is 0.137 e. The molecule has 0 fully saturated rings. The lowest BCUT2D eigenvalue weighted by Gasteiger charge is -2.33. The summed E-state index contributed by atoms with van der Waals surface area (Å²) in [6, 6.07) is 14.2. The number of nitrogens with zero attached hydrogens (tertiary/aromatic N) is 1.